The second kappa shape index (κ2) is 9.08. The molecule has 0 radical (unpaired) electrons. The average molecular weight is 390 g/mol. The maximum Gasteiger partial charge on any atom is 0.206 e. The lowest BCUT2D eigenvalue weighted by molar-refractivity contribution is 0.349. The third kappa shape index (κ3) is 4.53. The molecule has 1 aromatic carbocycles. The first-order valence-corrected chi connectivity index (χ1v) is 10.1. The van der Waals surface area contributed by atoms with Gasteiger partial charge in [-0.3, -0.25) is 4.99 Å². The molecule has 3 rings (SSSR count). The van der Waals surface area contributed by atoms with Crippen molar-refractivity contribution in [2.45, 2.75) is 45.1 Å². The minimum absolute atomic E-state index is 0.411. The minimum Gasteiger partial charge on any atom is -0.496 e. The molecule has 7 heteroatoms. The highest BCUT2D eigenvalue weighted by Gasteiger charge is 2.13. The van der Waals surface area contributed by atoms with E-state index in [0.29, 0.717) is 23.3 Å². The Morgan fingerprint density at radius 2 is 1.67 bits per heavy atom. The van der Waals surface area contributed by atoms with E-state index in [0.717, 1.165) is 16.1 Å². The number of aryl methyl sites for hydroxylation is 1. The molecule has 27 heavy (non-hydrogen) atoms. The quantitative estimate of drug-likeness (QED) is 0.702. The number of rotatable bonds is 6. The molecular weight excluding hydrogens is 362 g/mol. The van der Waals surface area contributed by atoms with Crippen molar-refractivity contribution in [2.75, 3.05) is 21.3 Å². The lowest BCUT2D eigenvalue weighted by Crippen LogP contribution is -2.19. The van der Waals surface area contributed by atoms with E-state index in [-0.39, 0.29) is 0 Å². The van der Waals surface area contributed by atoms with Gasteiger partial charge in [0.25, 0.3) is 0 Å². The van der Waals surface area contributed by atoms with Crippen LogP contribution in [0.2, 0.25) is 0 Å². The van der Waals surface area contributed by atoms with Gasteiger partial charge in [-0.15, -0.1) is 11.3 Å². The number of hydrogen-bond donors (Lipinski definition) is 0. The Kier molecular flexibility index (Phi) is 6.55. The molecule has 1 heterocycles. The molecule has 1 fully saturated rings. The predicted octanol–water partition coefficient (Wildman–Crippen LogP) is 4.00. The number of benzene rings is 1. The van der Waals surface area contributed by atoms with Crippen LogP contribution in [-0.2, 0) is 0 Å². The molecule has 0 saturated heterocycles. The van der Waals surface area contributed by atoms with Crippen LogP contribution in [-0.4, -0.2) is 38.3 Å². The molecule has 0 aliphatic heterocycles. The second-order valence-electron chi connectivity index (χ2n) is 6.59. The van der Waals surface area contributed by atoms with Crippen LogP contribution in [0.1, 0.15) is 43.4 Å². The third-order valence-corrected chi connectivity index (χ3v) is 5.71. The largest absolute Gasteiger partial charge is 0.496 e. The summed E-state index contributed by atoms with van der Waals surface area (Å²) in [7, 11) is 4.85. The summed E-state index contributed by atoms with van der Waals surface area (Å²) in [6.07, 6.45) is 7.98. The Balaban J connectivity index is 1.95. The van der Waals surface area contributed by atoms with Crippen molar-refractivity contribution in [1.29, 1.82) is 0 Å². The fraction of sp³-hybridized carbons (Fsp3) is 0.500. The lowest BCUT2D eigenvalue weighted by Gasteiger charge is -2.16. The van der Waals surface area contributed by atoms with Crippen LogP contribution in [0, 0.1) is 6.92 Å². The fourth-order valence-corrected chi connectivity index (χ4v) is 4.13. The van der Waals surface area contributed by atoms with Gasteiger partial charge in [-0.1, -0.05) is 19.3 Å². The number of aromatic nitrogens is 1. The van der Waals surface area contributed by atoms with Crippen LogP contribution < -0.4 is 19.0 Å². The first-order chi connectivity index (χ1) is 13.2. The highest BCUT2D eigenvalue weighted by molar-refractivity contribution is 7.07. The molecule has 0 bridgehead atoms. The number of nitrogens with zero attached hydrogens (tertiary/aromatic N) is 3. The number of methoxy groups -OCH3 is 3. The molecule has 2 aromatic rings. The van der Waals surface area contributed by atoms with Gasteiger partial charge in [0, 0.05) is 17.0 Å². The van der Waals surface area contributed by atoms with Crippen molar-refractivity contribution in [3.05, 3.63) is 33.6 Å². The maximum absolute atomic E-state index is 5.48. The molecule has 0 amide bonds. The maximum atomic E-state index is 5.48. The normalized spacial score (nSPS) is 16.1. The predicted molar refractivity (Wildman–Crippen MR) is 109 cm³/mol. The molecule has 0 spiro atoms. The van der Waals surface area contributed by atoms with Crippen LogP contribution >= 0.6 is 11.3 Å². The summed E-state index contributed by atoms with van der Waals surface area (Å²) in [5.74, 6) is 1.94. The van der Waals surface area contributed by atoms with E-state index in [2.05, 4.69) is 10.5 Å². The van der Waals surface area contributed by atoms with E-state index in [9.17, 15) is 0 Å². The Bertz CT molecular complexity index is 864. The summed E-state index contributed by atoms with van der Waals surface area (Å²) >= 11 is 1.64. The topological polar surface area (TPSA) is 57.3 Å². The summed E-state index contributed by atoms with van der Waals surface area (Å²) < 4.78 is 18.1. The van der Waals surface area contributed by atoms with E-state index < -0.39 is 0 Å². The standard InChI is InChI=1S/C20H27N3O3S/c1-14-13-27-20(22-16-8-6-5-7-9-16)23(14)21-12-15-10-18(25-3)19(26-4)11-17(15)24-2/h10-13,16H,5-9H2,1-4H3. The second-order valence-corrected chi connectivity index (χ2v) is 7.42. The zero-order valence-corrected chi connectivity index (χ0v) is 17.2. The van der Waals surface area contributed by atoms with Gasteiger partial charge < -0.3 is 14.2 Å². The molecule has 1 saturated carbocycles. The Morgan fingerprint density at radius 1 is 1.00 bits per heavy atom. The summed E-state index contributed by atoms with van der Waals surface area (Å²) in [6, 6.07) is 4.08. The molecule has 1 aliphatic rings. The van der Waals surface area contributed by atoms with Gasteiger partial charge in [0.15, 0.2) is 11.5 Å². The number of hydrogen-bond acceptors (Lipinski definition) is 6. The number of thiazole rings is 1. The fourth-order valence-electron chi connectivity index (χ4n) is 3.25. The zero-order chi connectivity index (χ0) is 19.2. The van der Waals surface area contributed by atoms with Crippen LogP contribution in [0.3, 0.4) is 0 Å². The summed E-state index contributed by atoms with van der Waals surface area (Å²) in [5.41, 5.74) is 1.88. The van der Waals surface area contributed by atoms with Gasteiger partial charge in [0.1, 0.15) is 5.75 Å². The molecule has 0 atom stereocenters. The first kappa shape index (κ1) is 19.5. The highest BCUT2D eigenvalue weighted by Crippen LogP contribution is 2.33. The summed E-state index contributed by atoms with van der Waals surface area (Å²) in [4.78, 5) is 5.89. The summed E-state index contributed by atoms with van der Waals surface area (Å²) in [5, 5.41) is 6.76. The molecule has 1 aromatic heterocycles. The van der Waals surface area contributed by atoms with Crippen molar-refractivity contribution in [1.82, 2.24) is 4.68 Å². The van der Waals surface area contributed by atoms with Gasteiger partial charge in [-0.25, -0.2) is 4.68 Å². The van der Waals surface area contributed by atoms with E-state index >= 15 is 0 Å². The molecule has 1 aliphatic carbocycles. The van der Waals surface area contributed by atoms with Crippen molar-refractivity contribution in [3.8, 4) is 17.2 Å². The van der Waals surface area contributed by atoms with Gasteiger partial charge in [0.2, 0.25) is 4.80 Å². The lowest BCUT2D eigenvalue weighted by atomic mass is 9.96. The SMILES string of the molecule is COc1cc(OC)c(OC)cc1C=Nn1c(C)csc1=NC1CCCCC1. The van der Waals surface area contributed by atoms with E-state index in [4.69, 9.17) is 19.2 Å². The Morgan fingerprint density at radius 3 is 2.33 bits per heavy atom. The van der Waals surface area contributed by atoms with Gasteiger partial charge >= 0.3 is 0 Å². The van der Waals surface area contributed by atoms with E-state index in [1.807, 2.05) is 17.7 Å². The Hall–Kier alpha value is -2.28. The van der Waals surface area contributed by atoms with E-state index in [1.165, 1.54) is 32.1 Å². The van der Waals surface area contributed by atoms with Crippen molar-refractivity contribution >= 4 is 17.6 Å². The van der Waals surface area contributed by atoms with Crippen LogP contribution in [0.4, 0.5) is 0 Å². The van der Waals surface area contributed by atoms with Gasteiger partial charge in [0.05, 0.1) is 39.3 Å². The van der Waals surface area contributed by atoms with Crippen LogP contribution in [0.25, 0.3) is 0 Å². The summed E-state index contributed by atoms with van der Waals surface area (Å²) in [6.45, 7) is 2.04. The zero-order valence-electron chi connectivity index (χ0n) is 16.4. The smallest absolute Gasteiger partial charge is 0.206 e. The Labute approximate surface area is 164 Å². The first-order valence-electron chi connectivity index (χ1n) is 9.21. The number of ether oxygens (including phenoxy) is 3. The minimum atomic E-state index is 0.411. The van der Waals surface area contributed by atoms with Gasteiger partial charge in [-0.05, 0) is 25.8 Å². The highest BCUT2D eigenvalue weighted by atomic mass is 32.1. The van der Waals surface area contributed by atoms with E-state index in [1.54, 1.807) is 44.9 Å². The molecule has 0 unspecified atom stereocenters. The monoisotopic (exact) mass is 389 g/mol. The van der Waals surface area contributed by atoms with Crippen molar-refractivity contribution in [3.63, 3.8) is 0 Å². The van der Waals surface area contributed by atoms with Crippen LogP contribution in [0.5, 0.6) is 17.2 Å². The molecular formula is C20H27N3O3S. The molecule has 0 N–H and O–H groups in total. The van der Waals surface area contributed by atoms with Crippen molar-refractivity contribution in [2.24, 2.45) is 10.1 Å². The third-order valence-electron chi connectivity index (χ3n) is 4.77. The van der Waals surface area contributed by atoms with Gasteiger partial charge in [-0.2, -0.15) is 5.10 Å². The van der Waals surface area contributed by atoms with Crippen LogP contribution in [0.15, 0.2) is 27.6 Å². The van der Waals surface area contributed by atoms with Crippen molar-refractivity contribution < 1.29 is 14.2 Å². The molecule has 146 valence electrons. The average Bonchev–Trinajstić information content (AvgIpc) is 3.05. The molecule has 6 nitrogen and oxygen atoms in total.